The quantitative estimate of drug-likeness (QED) is 0.282. The molecule has 0 saturated heterocycles. The number of nitrogens with zero attached hydrogens (tertiary/aromatic N) is 1. The van der Waals surface area contributed by atoms with Crippen LogP contribution in [0.15, 0.2) is 42.6 Å². The third kappa shape index (κ3) is 7.23. The number of Topliss-reactive ketones (excluding diaryl/α,β-unsaturated/α-hetero) is 1. The van der Waals surface area contributed by atoms with Gasteiger partial charge in [-0.25, -0.2) is 4.98 Å². The van der Waals surface area contributed by atoms with E-state index in [0.29, 0.717) is 12.4 Å². The molecule has 0 amide bonds. The molecule has 1 aromatic carbocycles. The molecule has 0 unspecified atom stereocenters. The molecule has 174 valence electrons. The number of pyridine rings is 1. The maximum atomic E-state index is 12.6. The van der Waals surface area contributed by atoms with E-state index in [9.17, 15) is 14.7 Å². The molecule has 1 aromatic heterocycles. The third-order valence-corrected chi connectivity index (χ3v) is 4.75. The molecular formula is C24H31NO7. The van der Waals surface area contributed by atoms with Crippen molar-refractivity contribution >= 4 is 11.8 Å². The SMILES string of the molecule is CCCOC[C@@H](Oc1ccccc1)[C@H](C)OC(=O)[C@H](C)CC(=O)c1nccc(OC)c1O. The van der Waals surface area contributed by atoms with Crippen LogP contribution in [0.4, 0.5) is 0 Å². The van der Waals surface area contributed by atoms with Crippen molar-refractivity contribution in [1.29, 1.82) is 0 Å². The minimum Gasteiger partial charge on any atom is -0.503 e. The molecule has 2 rings (SSSR count). The molecule has 0 radical (unpaired) electrons. The number of ketones is 1. The van der Waals surface area contributed by atoms with E-state index in [0.717, 1.165) is 6.42 Å². The van der Waals surface area contributed by atoms with E-state index < -0.39 is 29.9 Å². The lowest BCUT2D eigenvalue weighted by Crippen LogP contribution is -2.38. The molecule has 3 atom stereocenters. The van der Waals surface area contributed by atoms with Crippen molar-refractivity contribution in [3.63, 3.8) is 0 Å². The molecule has 0 saturated carbocycles. The number of carbonyl (C=O) groups is 2. The van der Waals surface area contributed by atoms with Crippen LogP contribution in [-0.4, -0.2) is 54.4 Å². The molecule has 0 fully saturated rings. The molecule has 8 heteroatoms. The van der Waals surface area contributed by atoms with Crippen molar-refractivity contribution in [2.24, 2.45) is 5.92 Å². The van der Waals surface area contributed by atoms with Gasteiger partial charge in [-0.3, -0.25) is 9.59 Å². The average molecular weight is 446 g/mol. The Morgan fingerprint density at radius 1 is 1.12 bits per heavy atom. The van der Waals surface area contributed by atoms with Gasteiger partial charge in [-0.05, 0) is 25.5 Å². The third-order valence-electron chi connectivity index (χ3n) is 4.75. The molecule has 0 aliphatic rings. The van der Waals surface area contributed by atoms with Crippen LogP contribution in [0, 0.1) is 5.92 Å². The Morgan fingerprint density at radius 2 is 1.84 bits per heavy atom. The van der Waals surface area contributed by atoms with Gasteiger partial charge < -0.3 is 24.1 Å². The maximum Gasteiger partial charge on any atom is 0.309 e. The highest BCUT2D eigenvalue weighted by molar-refractivity contribution is 5.99. The molecule has 0 aliphatic carbocycles. The van der Waals surface area contributed by atoms with E-state index in [-0.39, 0.29) is 30.2 Å². The summed E-state index contributed by atoms with van der Waals surface area (Å²) >= 11 is 0. The summed E-state index contributed by atoms with van der Waals surface area (Å²) in [7, 11) is 1.38. The first-order chi connectivity index (χ1) is 15.4. The van der Waals surface area contributed by atoms with E-state index in [4.69, 9.17) is 18.9 Å². The van der Waals surface area contributed by atoms with Crippen LogP contribution in [0.2, 0.25) is 0 Å². The minimum atomic E-state index is -0.744. The Kier molecular flexibility index (Phi) is 9.94. The largest absolute Gasteiger partial charge is 0.503 e. The average Bonchev–Trinajstić information content (AvgIpc) is 2.79. The summed E-state index contributed by atoms with van der Waals surface area (Å²) in [6.45, 7) is 6.14. The van der Waals surface area contributed by atoms with Crippen LogP contribution in [-0.2, 0) is 14.3 Å². The van der Waals surface area contributed by atoms with Crippen LogP contribution >= 0.6 is 0 Å². The van der Waals surface area contributed by atoms with Crippen LogP contribution < -0.4 is 9.47 Å². The van der Waals surface area contributed by atoms with Crippen LogP contribution in [0.5, 0.6) is 17.2 Å². The maximum absolute atomic E-state index is 12.6. The molecule has 8 nitrogen and oxygen atoms in total. The first kappa shape index (κ1) is 25.1. The van der Waals surface area contributed by atoms with Gasteiger partial charge in [-0.2, -0.15) is 0 Å². The number of benzene rings is 1. The summed E-state index contributed by atoms with van der Waals surface area (Å²) in [5.74, 6) is -1.35. The summed E-state index contributed by atoms with van der Waals surface area (Å²) in [5.41, 5.74) is -0.143. The van der Waals surface area contributed by atoms with E-state index in [2.05, 4.69) is 4.98 Å². The van der Waals surface area contributed by atoms with E-state index in [1.54, 1.807) is 13.8 Å². The molecule has 0 spiro atoms. The van der Waals surface area contributed by atoms with Crippen molar-refractivity contribution < 1.29 is 33.6 Å². The Bertz CT molecular complexity index is 872. The Morgan fingerprint density at radius 3 is 2.50 bits per heavy atom. The number of methoxy groups -OCH3 is 1. The van der Waals surface area contributed by atoms with Gasteiger partial charge >= 0.3 is 5.97 Å². The van der Waals surface area contributed by atoms with Crippen molar-refractivity contribution in [1.82, 2.24) is 4.98 Å². The monoisotopic (exact) mass is 445 g/mol. The van der Waals surface area contributed by atoms with Gasteiger partial charge in [-0.15, -0.1) is 0 Å². The summed E-state index contributed by atoms with van der Waals surface area (Å²) in [6.07, 6.45) is 0.922. The standard InChI is InChI=1S/C24H31NO7/c1-5-13-30-15-21(32-18-9-7-6-8-10-18)17(3)31-24(28)16(2)14-19(26)22-23(27)20(29-4)11-12-25-22/h6-12,16-17,21,27H,5,13-15H2,1-4H3/t16-,17+,21-/m1/s1. The van der Waals surface area contributed by atoms with Gasteiger partial charge in [0.05, 0.1) is 19.6 Å². The topological polar surface area (TPSA) is 104 Å². The Hall–Kier alpha value is -3.13. The molecule has 0 bridgehead atoms. The van der Waals surface area contributed by atoms with Gasteiger partial charge in [0.15, 0.2) is 29.1 Å². The lowest BCUT2D eigenvalue weighted by atomic mass is 10.0. The number of aromatic nitrogens is 1. The second kappa shape index (κ2) is 12.7. The van der Waals surface area contributed by atoms with Crippen molar-refractivity contribution in [2.45, 2.75) is 45.8 Å². The molecule has 32 heavy (non-hydrogen) atoms. The van der Waals surface area contributed by atoms with Crippen LogP contribution in [0.25, 0.3) is 0 Å². The first-order valence-electron chi connectivity index (χ1n) is 10.6. The van der Waals surface area contributed by atoms with Crippen molar-refractivity contribution in [2.75, 3.05) is 20.3 Å². The minimum absolute atomic E-state index is 0.139. The van der Waals surface area contributed by atoms with Gasteiger partial charge in [0.1, 0.15) is 11.9 Å². The van der Waals surface area contributed by atoms with Gasteiger partial charge in [0.2, 0.25) is 0 Å². The Balaban J connectivity index is 2.00. The fourth-order valence-electron chi connectivity index (χ4n) is 2.92. The number of aromatic hydroxyl groups is 1. The Labute approximate surface area is 188 Å². The van der Waals surface area contributed by atoms with Crippen molar-refractivity contribution in [3.8, 4) is 17.2 Å². The number of carbonyl (C=O) groups excluding carboxylic acids is 2. The number of para-hydroxylation sites is 1. The summed E-state index contributed by atoms with van der Waals surface area (Å²) in [5, 5.41) is 10.1. The number of esters is 1. The second-order valence-corrected chi connectivity index (χ2v) is 7.43. The lowest BCUT2D eigenvalue weighted by Gasteiger charge is -2.26. The number of hydrogen-bond donors (Lipinski definition) is 1. The molecule has 1 heterocycles. The van der Waals surface area contributed by atoms with E-state index in [1.165, 1.54) is 19.4 Å². The zero-order valence-corrected chi connectivity index (χ0v) is 18.9. The number of hydrogen-bond acceptors (Lipinski definition) is 8. The van der Waals surface area contributed by atoms with Gasteiger partial charge in [0.25, 0.3) is 0 Å². The zero-order chi connectivity index (χ0) is 23.5. The molecular weight excluding hydrogens is 414 g/mol. The predicted molar refractivity (Wildman–Crippen MR) is 118 cm³/mol. The van der Waals surface area contributed by atoms with Gasteiger partial charge in [0, 0.05) is 25.3 Å². The van der Waals surface area contributed by atoms with Gasteiger partial charge in [-0.1, -0.05) is 32.0 Å². The number of ether oxygens (including phenoxy) is 4. The van der Waals surface area contributed by atoms with Crippen LogP contribution in [0.3, 0.4) is 0 Å². The molecule has 2 aromatic rings. The summed E-state index contributed by atoms with van der Waals surface area (Å²) in [4.78, 5) is 29.1. The fourth-order valence-corrected chi connectivity index (χ4v) is 2.92. The number of rotatable bonds is 13. The van der Waals surface area contributed by atoms with E-state index in [1.807, 2.05) is 37.3 Å². The lowest BCUT2D eigenvalue weighted by molar-refractivity contribution is -0.158. The highest BCUT2D eigenvalue weighted by atomic mass is 16.6. The van der Waals surface area contributed by atoms with Crippen molar-refractivity contribution in [3.05, 3.63) is 48.3 Å². The fraction of sp³-hybridized carbons (Fsp3) is 0.458. The summed E-state index contributed by atoms with van der Waals surface area (Å²) in [6, 6.07) is 10.7. The first-order valence-corrected chi connectivity index (χ1v) is 10.6. The van der Waals surface area contributed by atoms with Crippen LogP contribution in [0.1, 0.15) is 44.1 Å². The normalized spacial score (nSPS) is 13.6. The molecule has 0 aliphatic heterocycles. The smallest absolute Gasteiger partial charge is 0.309 e. The molecule has 1 N–H and O–H groups in total. The summed E-state index contributed by atoms with van der Waals surface area (Å²) < 4.78 is 22.2. The second-order valence-electron chi connectivity index (χ2n) is 7.43. The zero-order valence-electron chi connectivity index (χ0n) is 18.9. The predicted octanol–water partition coefficient (Wildman–Crippen LogP) is 3.81. The highest BCUT2D eigenvalue weighted by Gasteiger charge is 2.28. The highest BCUT2D eigenvalue weighted by Crippen LogP contribution is 2.29. The van der Waals surface area contributed by atoms with E-state index >= 15 is 0 Å².